The van der Waals surface area contributed by atoms with Crippen molar-refractivity contribution in [1.82, 2.24) is 25.8 Å². The van der Waals surface area contributed by atoms with Crippen LogP contribution in [0.2, 0.25) is 0 Å². The Morgan fingerprint density at radius 3 is 2.96 bits per heavy atom. The number of carbonyl (C=O) groups is 2. The maximum atomic E-state index is 12.8. The van der Waals surface area contributed by atoms with Crippen molar-refractivity contribution in [3.05, 3.63) is 5.69 Å². The lowest BCUT2D eigenvalue weighted by atomic mass is 9.80. The van der Waals surface area contributed by atoms with E-state index in [1.54, 1.807) is 6.92 Å². The normalized spacial score (nSPS) is 25.1. The summed E-state index contributed by atoms with van der Waals surface area (Å²) in [5.41, 5.74) is -0.0336. The van der Waals surface area contributed by atoms with E-state index >= 15 is 0 Å². The summed E-state index contributed by atoms with van der Waals surface area (Å²) in [6.07, 6.45) is 0. The molecule has 2 saturated heterocycles. The van der Waals surface area contributed by atoms with E-state index in [0.717, 1.165) is 0 Å². The van der Waals surface area contributed by atoms with Crippen LogP contribution in [0.1, 0.15) is 12.6 Å². The van der Waals surface area contributed by atoms with Crippen molar-refractivity contribution in [3.8, 4) is 5.88 Å². The third kappa shape index (κ3) is 3.80. The molecule has 1 aromatic heterocycles. The number of hydrogen-bond donors (Lipinski definition) is 2. The Labute approximate surface area is 151 Å². The molecule has 26 heavy (non-hydrogen) atoms. The van der Waals surface area contributed by atoms with Gasteiger partial charge in [-0.3, -0.25) is 14.5 Å². The number of fused-ring (bicyclic) bond motifs is 1. The van der Waals surface area contributed by atoms with Crippen LogP contribution in [0, 0.1) is 18.3 Å². The number of likely N-dealkylation sites (tertiary alicyclic amines) is 1. The standard InChI is InChI=1S/C16H25N5O5/c1-3-17-13(22)7-21-6-12-8-24-10-16(12,9-21)15(23)18-4-5-25-14-11(2)19-26-20-14/h12H,3-10H2,1-2H3,(H,17,22)(H,18,23)/t12-,16-/m1/s1. The zero-order valence-corrected chi connectivity index (χ0v) is 15.1. The van der Waals surface area contributed by atoms with E-state index in [2.05, 4.69) is 25.6 Å². The number of aryl methyl sites for hydroxylation is 1. The zero-order valence-electron chi connectivity index (χ0n) is 15.1. The van der Waals surface area contributed by atoms with Crippen LogP contribution < -0.4 is 15.4 Å². The Bertz CT molecular complexity index is 651. The van der Waals surface area contributed by atoms with Gasteiger partial charge in [-0.1, -0.05) is 5.16 Å². The van der Waals surface area contributed by atoms with Gasteiger partial charge in [-0.2, -0.15) is 0 Å². The van der Waals surface area contributed by atoms with Gasteiger partial charge in [-0.25, -0.2) is 4.63 Å². The smallest absolute Gasteiger partial charge is 0.278 e. The van der Waals surface area contributed by atoms with Crippen LogP contribution in [0.3, 0.4) is 0 Å². The van der Waals surface area contributed by atoms with E-state index in [1.807, 2.05) is 11.8 Å². The molecule has 2 aliphatic rings. The van der Waals surface area contributed by atoms with E-state index in [4.69, 9.17) is 9.47 Å². The Balaban J connectivity index is 1.50. The Morgan fingerprint density at radius 1 is 1.38 bits per heavy atom. The van der Waals surface area contributed by atoms with E-state index in [1.165, 1.54) is 0 Å². The summed E-state index contributed by atoms with van der Waals surface area (Å²) in [5, 5.41) is 13.0. The third-order valence-corrected chi connectivity index (χ3v) is 4.88. The Hall–Kier alpha value is -2.20. The van der Waals surface area contributed by atoms with Crippen molar-refractivity contribution < 1.29 is 23.7 Å². The summed E-state index contributed by atoms with van der Waals surface area (Å²) in [6.45, 7) is 7.26. The minimum atomic E-state index is -0.599. The van der Waals surface area contributed by atoms with Crippen LogP contribution in [0.25, 0.3) is 0 Å². The van der Waals surface area contributed by atoms with E-state index in [0.29, 0.717) is 57.5 Å². The molecule has 2 aliphatic heterocycles. The number of ether oxygens (including phenoxy) is 2. The lowest BCUT2D eigenvalue weighted by Gasteiger charge is -2.26. The number of hydrogen-bond acceptors (Lipinski definition) is 8. The number of carbonyl (C=O) groups excluding carboxylic acids is 2. The monoisotopic (exact) mass is 367 g/mol. The van der Waals surface area contributed by atoms with E-state index in [-0.39, 0.29) is 24.3 Å². The van der Waals surface area contributed by atoms with Gasteiger partial charge in [-0.05, 0) is 19.0 Å². The molecule has 3 heterocycles. The van der Waals surface area contributed by atoms with Crippen LogP contribution in [0.4, 0.5) is 0 Å². The van der Waals surface area contributed by atoms with Gasteiger partial charge in [0.05, 0.1) is 31.7 Å². The lowest BCUT2D eigenvalue weighted by Crippen LogP contribution is -2.48. The molecule has 0 radical (unpaired) electrons. The van der Waals surface area contributed by atoms with Crippen molar-refractivity contribution >= 4 is 11.8 Å². The zero-order chi connectivity index (χ0) is 18.6. The minimum Gasteiger partial charge on any atom is -0.472 e. The first-order valence-electron chi connectivity index (χ1n) is 8.82. The molecule has 2 fully saturated rings. The first kappa shape index (κ1) is 18.6. The van der Waals surface area contributed by atoms with Crippen LogP contribution in [-0.2, 0) is 14.3 Å². The SMILES string of the molecule is CCNC(=O)CN1C[C@@H]2COC[C@]2(C(=O)NCCOc2nonc2C)C1. The molecule has 0 bridgehead atoms. The van der Waals surface area contributed by atoms with Gasteiger partial charge in [-0.15, -0.1) is 0 Å². The molecular weight excluding hydrogens is 342 g/mol. The van der Waals surface area contributed by atoms with Gasteiger partial charge in [0, 0.05) is 25.6 Å². The fraction of sp³-hybridized carbons (Fsp3) is 0.750. The minimum absolute atomic E-state index is 0.0195. The van der Waals surface area contributed by atoms with Crippen LogP contribution in [0.15, 0.2) is 4.63 Å². The molecule has 0 spiro atoms. The first-order valence-corrected chi connectivity index (χ1v) is 8.82. The third-order valence-electron chi connectivity index (χ3n) is 4.88. The van der Waals surface area contributed by atoms with E-state index in [9.17, 15) is 9.59 Å². The molecule has 0 saturated carbocycles. The van der Waals surface area contributed by atoms with Crippen LogP contribution in [-0.4, -0.2) is 79.6 Å². The van der Waals surface area contributed by atoms with Gasteiger partial charge < -0.3 is 20.1 Å². The maximum Gasteiger partial charge on any atom is 0.278 e. The fourth-order valence-corrected chi connectivity index (χ4v) is 3.58. The highest BCUT2D eigenvalue weighted by atomic mass is 16.6. The predicted molar refractivity (Wildman–Crippen MR) is 89.4 cm³/mol. The lowest BCUT2D eigenvalue weighted by molar-refractivity contribution is -0.132. The number of nitrogens with one attached hydrogen (secondary N) is 2. The van der Waals surface area contributed by atoms with Gasteiger partial charge in [0.15, 0.2) is 0 Å². The van der Waals surface area contributed by atoms with Gasteiger partial charge >= 0.3 is 0 Å². The molecule has 3 rings (SSSR count). The number of nitrogens with zero attached hydrogens (tertiary/aromatic N) is 3. The Morgan fingerprint density at radius 2 is 2.23 bits per heavy atom. The second kappa shape index (κ2) is 8.00. The summed E-state index contributed by atoms with van der Waals surface area (Å²) in [7, 11) is 0. The molecule has 1 aromatic rings. The summed E-state index contributed by atoms with van der Waals surface area (Å²) in [5.74, 6) is 0.347. The first-order chi connectivity index (χ1) is 12.5. The molecule has 10 nitrogen and oxygen atoms in total. The highest BCUT2D eigenvalue weighted by Crippen LogP contribution is 2.41. The Kier molecular flexibility index (Phi) is 5.72. The van der Waals surface area contributed by atoms with Crippen LogP contribution >= 0.6 is 0 Å². The van der Waals surface area contributed by atoms with Crippen molar-refractivity contribution in [2.24, 2.45) is 11.3 Å². The molecule has 2 atom stereocenters. The molecular formula is C16H25N5O5. The topological polar surface area (TPSA) is 119 Å². The molecule has 144 valence electrons. The average molecular weight is 367 g/mol. The number of rotatable bonds is 8. The van der Waals surface area contributed by atoms with Crippen molar-refractivity contribution in [2.75, 3.05) is 52.5 Å². The fourth-order valence-electron chi connectivity index (χ4n) is 3.58. The van der Waals surface area contributed by atoms with Crippen molar-refractivity contribution in [3.63, 3.8) is 0 Å². The molecule has 10 heteroatoms. The van der Waals surface area contributed by atoms with E-state index < -0.39 is 5.41 Å². The molecule has 0 unspecified atom stereocenters. The van der Waals surface area contributed by atoms with Crippen LogP contribution in [0.5, 0.6) is 5.88 Å². The summed E-state index contributed by atoms with van der Waals surface area (Å²) in [4.78, 5) is 26.7. The number of amides is 2. The predicted octanol–water partition coefficient (Wildman–Crippen LogP) is -1.04. The highest BCUT2D eigenvalue weighted by molar-refractivity contribution is 5.84. The number of likely N-dealkylation sites (N-methyl/N-ethyl adjacent to an activating group) is 1. The highest BCUT2D eigenvalue weighted by Gasteiger charge is 2.55. The van der Waals surface area contributed by atoms with Gasteiger partial charge in [0.1, 0.15) is 12.3 Å². The average Bonchev–Trinajstić information content (AvgIpc) is 3.26. The van der Waals surface area contributed by atoms with Gasteiger partial charge in [0.25, 0.3) is 5.88 Å². The molecule has 0 aromatic carbocycles. The second-order valence-electron chi connectivity index (χ2n) is 6.75. The molecule has 2 N–H and O–H groups in total. The largest absolute Gasteiger partial charge is 0.472 e. The van der Waals surface area contributed by atoms with Crippen molar-refractivity contribution in [1.29, 1.82) is 0 Å². The summed E-state index contributed by atoms with van der Waals surface area (Å²) < 4.78 is 15.5. The van der Waals surface area contributed by atoms with Gasteiger partial charge in [0.2, 0.25) is 11.8 Å². The summed E-state index contributed by atoms with van der Waals surface area (Å²) in [6, 6.07) is 0. The molecule has 0 aliphatic carbocycles. The maximum absolute atomic E-state index is 12.8. The second-order valence-corrected chi connectivity index (χ2v) is 6.75. The molecule has 2 amide bonds. The van der Waals surface area contributed by atoms with Crippen molar-refractivity contribution in [2.45, 2.75) is 13.8 Å². The summed E-state index contributed by atoms with van der Waals surface area (Å²) >= 11 is 0. The number of aromatic nitrogens is 2. The quantitative estimate of drug-likeness (QED) is 0.559.